The van der Waals surface area contributed by atoms with Crippen LogP contribution in [0.2, 0.25) is 0 Å². The van der Waals surface area contributed by atoms with Gasteiger partial charge in [0.05, 0.1) is 24.4 Å². The topological polar surface area (TPSA) is 144 Å². The van der Waals surface area contributed by atoms with Crippen LogP contribution in [0.5, 0.6) is 0 Å². The highest BCUT2D eigenvalue weighted by molar-refractivity contribution is 5.66. The number of aliphatic hydroxyl groups is 4. The van der Waals surface area contributed by atoms with Crippen molar-refractivity contribution in [1.29, 1.82) is 0 Å². The lowest BCUT2D eigenvalue weighted by molar-refractivity contribution is -0.357. The average molecular weight is 707 g/mol. The van der Waals surface area contributed by atoms with Gasteiger partial charge in [0.1, 0.15) is 18.3 Å². The number of ether oxygens (including phenoxy) is 5. The Bertz CT molecular complexity index is 1350. The summed E-state index contributed by atoms with van der Waals surface area (Å²) in [5.74, 6) is -3.02. The van der Waals surface area contributed by atoms with Crippen molar-refractivity contribution in [3.8, 4) is 0 Å². The van der Waals surface area contributed by atoms with Crippen LogP contribution < -0.4 is 0 Å². The van der Waals surface area contributed by atoms with E-state index in [-0.39, 0.29) is 45.5 Å². The van der Waals surface area contributed by atoms with Gasteiger partial charge in [0.15, 0.2) is 17.7 Å². The number of aliphatic hydroxyl groups excluding tert-OH is 2. The van der Waals surface area contributed by atoms with Crippen molar-refractivity contribution in [1.82, 2.24) is 0 Å². The minimum atomic E-state index is -1.83. The van der Waals surface area contributed by atoms with Gasteiger partial charge in [-0.15, -0.1) is 0 Å². The fraction of sp³-hybridized carbons (Fsp3) is 0.975. The van der Waals surface area contributed by atoms with Gasteiger partial charge in [-0.2, -0.15) is 0 Å². The van der Waals surface area contributed by atoms with Gasteiger partial charge in [-0.1, -0.05) is 41.5 Å². The Morgan fingerprint density at radius 1 is 1.00 bits per heavy atom. The molecule has 16 atom stereocenters. The lowest BCUT2D eigenvalue weighted by atomic mass is 9.41. The Hall–Kier alpha value is -0.850. The molecule has 0 amide bonds. The van der Waals surface area contributed by atoms with Gasteiger partial charge < -0.3 is 44.1 Å². The molecule has 0 radical (unpaired) electrons. The number of hydrogen-bond donors (Lipinski definition) is 4. The summed E-state index contributed by atoms with van der Waals surface area (Å²) in [5, 5.41) is 47.2. The molecular weight excluding hydrogens is 640 g/mol. The van der Waals surface area contributed by atoms with Crippen LogP contribution in [-0.2, 0) is 28.5 Å². The van der Waals surface area contributed by atoms with E-state index in [0.717, 1.165) is 44.9 Å². The molecule has 0 aromatic rings. The molecular formula is C40H66O10. The summed E-state index contributed by atoms with van der Waals surface area (Å²) in [6.07, 6.45) is 4.55. The van der Waals surface area contributed by atoms with Crippen LogP contribution in [-0.4, -0.2) is 93.9 Å². The van der Waals surface area contributed by atoms with E-state index in [4.69, 9.17) is 23.7 Å². The molecule has 0 bridgehead atoms. The molecule has 7 fully saturated rings. The molecule has 16 unspecified atom stereocenters. The molecule has 10 heteroatoms. The van der Waals surface area contributed by atoms with E-state index in [1.54, 1.807) is 21.0 Å². The number of carbonyl (C=O) groups is 1. The molecule has 2 aliphatic heterocycles. The summed E-state index contributed by atoms with van der Waals surface area (Å²) in [7, 11) is 1.63. The summed E-state index contributed by atoms with van der Waals surface area (Å²) >= 11 is 0. The van der Waals surface area contributed by atoms with Crippen LogP contribution in [0.4, 0.5) is 0 Å². The molecule has 10 nitrogen and oxygen atoms in total. The third-order valence-electron chi connectivity index (χ3n) is 16.8. The summed E-state index contributed by atoms with van der Waals surface area (Å²) in [4.78, 5) is 12.1. The van der Waals surface area contributed by atoms with Crippen molar-refractivity contribution in [2.45, 2.75) is 180 Å². The minimum Gasteiger partial charge on any atom is -0.457 e. The zero-order chi connectivity index (χ0) is 36.7. The lowest BCUT2D eigenvalue weighted by Gasteiger charge is -2.64. The first kappa shape index (κ1) is 37.5. The fourth-order valence-electron chi connectivity index (χ4n) is 14.7. The molecule has 0 aromatic heterocycles. The zero-order valence-electron chi connectivity index (χ0n) is 32.3. The number of carbonyl (C=O) groups excluding carboxylic acids is 1. The second-order valence-electron chi connectivity index (χ2n) is 19.5. The second-order valence-corrected chi connectivity index (χ2v) is 19.5. The summed E-state index contributed by atoms with van der Waals surface area (Å²) in [5.41, 5.74) is -2.30. The molecule has 50 heavy (non-hydrogen) atoms. The van der Waals surface area contributed by atoms with Crippen LogP contribution in [0.15, 0.2) is 0 Å². The van der Waals surface area contributed by atoms with Gasteiger partial charge in [0.25, 0.3) is 0 Å². The monoisotopic (exact) mass is 706 g/mol. The summed E-state index contributed by atoms with van der Waals surface area (Å²) in [6, 6.07) is 0. The Kier molecular flexibility index (Phi) is 8.68. The summed E-state index contributed by atoms with van der Waals surface area (Å²) in [6.45, 7) is 18.4. The Balaban J connectivity index is 1.18. The Morgan fingerprint density at radius 3 is 2.28 bits per heavy atom. The van der Waals surface area contributed by atoms with Gasteiger partial charge in [0.2, 0.25) is 0 Å². The van der Waals surface area contributed by atoms with Crippen LogP contribution >= 0.6 is 0 Å². The molecule has 5 aliphatic carbocycles. The van der Waals surface area contributed by atoms with Crippen molar-refractivity contribution in [3.63, 3.8) is 0 Å². The molecule has 2 spiro atoms. The number of hydrogen-bond acceptors (Lipinski definition) is 10. The predicted octanol–water partition coefficient (Wildman–Crippen LogP) is 5.11. The Labute approximate surface area is 299 Å². The van der Waals surface area contributed by atoms with Crippen molar-refractivity contribution in [3.05, 3.63) is 0 Å². The third-order valence-corrected chi connectivity index (χ3v) is 16.8. The number of rotatable bonds is 7. The molecule has 286 valence electrons. The largest absolute Gasteiger partial charge is 0.457 e. The van der Waals surface area contributed by atoms with Crippen LogP contribution in [0.1, 0.15) is 127 Å². The molecule has 2 heterocycles. The Morgan fingerprint density at radius 2 is 1.66 bits per heavy atom. The highest BCUT2D eigenvalue weighted by Crippen LogP contribution is 2.90. The minimum absolute atomic E-state index is 0.0342. The predicted molar refractivity (Wildman–Crippen MR) is 184 cm³/mol. The van der Waals surface area contributed by atoms with Crippen molar-refractivity contribution >= 4 is 5.97 Å². The highest BCUT2D eigenvalue weighted by Gasteiger charge is 2.87. The molecule has 7 aliphatic rings. The second kappa shape index (κ2) is 11.6. The molecule has 5 saturated carbocycles. The van der Waals surface area contributed by atoms with E-state index in [0.29, 0.717) is 31.8 Å². The number of esters is 1. The molecule has 2 saturated heterocycles. The quantitative estimate of drug-likeness (QED) is 0.208. The van der Waals surface area contributed by atoms with Crippen LogP contribution in [0.3, 0.4) is 0 Å². The number of fused-ring (bicyclic) bond motifs is 4. The van der Waals surface area contributed by atoms with Crippen molar-refractivity contribution in [2.24, 2.45) is 50.7 Å². The van der Waals surface area contributed by atoms with Gasteiger partial charge >= 0.3 is 5.97 Å². The normalized spacial score (nSPS) is 54.3. The number of methoxy groups -OCH3 is 1. The third kappa shape index (κ3) is 4.64. The first-order valence-electron chi connectivity index (χ1n) is 19.7. The van der Waals surface area contributed by atoms with Crippen molar-refractivity contribution in [2.75, 3.05) is 13.7 Å². The summed E-state index contributed by atoms with van der Waals surface area (Å²) < 4.78 is 31.4. The van der Waals surface area contributed by atoms with Gasteiger partial charge in [-0.25, -0.2) is 0 Å². The smallest absolute Gasteiger partial charge is 0.303 e. The van der Waals surface area contributed by atoms with Crippen LogP contribution in [0.25, 0.3) is 0 Å². The maximum atomic E-state index is 12.7. The average Bonchev–Trinajstić information content (AvgIpc) is 3.66. The zero-order valence-corrected chi connectivity index (χ0v) is 32.3. The molecule has 4 N–H and O–H groups in total. The van der Waals surface area contributed by atoms with Gasteiger partial charge in [0, 0.05) is 31.8 Å². The maximum absolute atomic E-state index is 12.7. The SMILES string of the molecule is CCC1(OC2CCC34CC35CCC3(C)C6C(C)CC(C(OC(C)=O)C(C)(C)O)OC6(O)C(O)C3(C)C5CCC4C2(C)C)OCCC(O)C1OC. The van der Waals surface area contributed by atoms with E-state index in [1.807, 2.05) is 0 Å². The maximum Gasteiger partial charge on any atom is 0.303 e. The first-order chi connectivity index (χ1) is 23.1. The standard InChI is InChI=1S/C40H66O10/c1-11-39(30(46-10)24(42)15-19-47-39)50-28-14-16-37-21-38(37)18-17-35(8)29-22(2)20-25(31(34(6,7)44)48-23(3)41)49-40(29,45)32(43)36(35,9)27(38)13-12-26(37)33(28,4)5/h22,24-32,42-45H,11-21H2,1-10H3. The van der Waals surface area contributed by atoms with Crippen molar-refractivity contribution < 1.29 is 48.9 Å². The first-order valence-corrected chi connectivity index (χ1v) is 19.7. The highest BCUT2D eigenvalue weighted by atomic mass is 16.7. The van der Waals surface area contributed by atoms with E-state index >= 15 is 0 Å². The van der Waals surface area contributed by atoms with Gasteiger partial charge in [-0.05, 0) is 111 Å². The van der Waals surface area contributed by atoms with Gasteiger partial charge in [-0.3, -0.25) is 4.79 Å². The van der Waals surface area contributed by atoms with E-state index < -0.39 is 59.1 Å². The molecule has 7 rings (SSSR count). The fourth-order valence-corrected chi connectivity index (χ4v) is 14.7. The van der Waals surface area contributed by atoms with E-state index in [2.05, 4.69) is 41.5 Å². The van der Waals surface area contributed by atoms with Crippen LogP contribution in [0, 0.1) is 50.7 Å². The van der Waals surface area contributed by atoms with E-state index in [9.17, 15) is 25.2 Å². The lowest BCUT2D eigenvalue weighted by Crippen LogP contribution is -2.63. The molecule has 0 aromatic carbocycles. The van der Waals surface area contributed by atoms with E-state index in [1.165, 1.54) is 6.92 Å².